The highest BCUT2D eigenvalue weighted by Crippen LogP contribution is 2.38. The highest BCUT2D eigenvalue weighted by Gasteiger charge is 2.28. The van der Waals surface area contributed by atoms with Crippen molar-refractivity contribution in [3.63, 3.8) is 0 Å². The maximum atomic E-state index is 12.4. The lowest BCUT2D eigenvalue weighted by molar-refractivity contribution is -0.137. The number of hydrogen-bond donors (Lipinski definition) is 1. The molecule has 1 fully saturated rings. The van der Waals surface area contributed by atoms with Crippen molar-refractivity contribution in [2.45, 2.75) is 51.0 Å². The number of nitrogens with zero attached hydrogens (tertiary/aromatic N) is 1. The summed E-state index contributed by atoms with van der Waals surface area (Å²) in [6, 6.07) is 6.39. The molecule has 1 saturated carbocycles. The molecule has 0 bridgehead atoms. The number of carboxylic acids is 1. The van der Waals surface area contributed by atoms with Gasteiger partial charge in [0, 0.05) is 16.7 Å². The molecule has 2 aromatic rings. The van der Waals surface area contributed by atoms with E-state index in [9.17, 15) is 14.7 Å². The van der Waals surface area contributed by atoms with Gasteiger partial charge < -0.3 is 9.67 Å². The first-order valence-electron chi connectivity index (χ1n) is 8.69. The molecule has 1 aromatic carbocycles. The fraction of sp³-hybridized carbons (Fsp3) is 0.474. The fourth-order valence-electron chi connectivity index (χ4n) is 4.23. The summed E-state index contributed by atoms with van der Waals surface area (Å²) in [5, 5.41) is 10.3. The van der Waals surface area contributed by atoms with Crippen molar-refractivity contribution in [3.05, 3.63) is 35.0 Å². The summed E-state index contributed by atoms with van der Waals surface area (Å²) in [6.45, 7) is -0.152. The molecular weight excluding hydrogens is 322 g/mol. The van der Waals surface area contributed by atoms with Crippen molar-refractivity contribution < 1.29 is 14.7 Å². The van der Waals surface area contributed by atoms with Gasteiger partial charge in [-0.2, -0.15) is 0 Å². The van der Waals surface area contributed by atoms with Crippen LogP contribution < -0.4 is 0 Å². The van der Waals surface area contributed by atoms with E-state index in [1.807, 2.05) is 6.07 Å². The smallest absolute Gasteiger partial charge is 0.323 e. The molecule has 1 N–H and O–H groups in total. The number of carbonyl (C=O) groups excluding carboxylic acids is 1. The van der Waals surface area contributed by atoms with E-state index in [0.717, 1.165) is 28.6 Å². The zero-order chi connectivity index (χ0) is 16.7. The van der Waals surface area contributed by atoms with Crippen LogP contribution in [0.1, 0.15) is 59.6 Å². The van der Waals surface area contributed by atoms with Gasteiger partial charge in [0.05, 0.1) is 0 Å². The van der Waals surface area contributed by atoms with E-state index in [-0.39, 0.29) is 11.7 Å². The summed E-state index contributed by atoms with van der Waals surface area (Å²) in [5.74, 6) is 0.482. The number of carbonyl (C=O) groups is 2. The number of aromatic nitrogens is 1. The maximum Gasteiger partial charge on any atom is 0.323 e. The minimum absolute atomic E-state index is 0.00733. The lowest BCUT2D eigenvalue weighted by atomic mass is 9.83. The average molecular weight is 343 g/mol. The Balaban J connectivity index is 1.87. The van der Waals surface area contributed by atoms with Crippen molar-refractivity contribution >= 4 is 33.7 Å². The van der Waals surface area contributed by atoms with Gasteiger partial charge in [0.2, 0.25) is 5.12 Å². The molecule has 0 radical (unpaired) electrons. The monoisotopic (exact) mass is 343 g/mol. The molecule has 126 valence electrons. The minimum Gasteiger partial charge on any atom is -0.480 e. The first-order valence-corrected chi connectivity index (χ1v) is 9.67. The number of rotatable bonds is 3. The summed E-state index contributed by atoms with van der Waals surface area (Å²) in [7, 11) is 0. The molecule has 0 atom stereocenters. The number of hydrogen-bond acceptors (Lipinski definition) is 3. The van der Waals surface area contributed by atoms with Gasteiger partial charge in [0.15, 0.2) is 0 Å². The quantitative estimate of drug-likeness (QED) is 0.907. The van der Waals surface area contributed by atoms with Gasteiger partial charge in [-0.1, -0.05) is 37.1 Å². The first-order chi connectivity index (χ1) is 11.6. The number of fused-ring (bicyclic) bond motifs is 3. The van der Waals surface area contributed by atoms with Gasteiger partial charge in [0.1, 0.15) is 12.2 Å². The van der Waals surface area contributed by atoms with Crippen molar-refractivity contribution in [1.82, 2.24) is 4.57 Å². The number of thioether (sulfide) groups is 1. The Labute approximate surface area is 145 Å². The molecule has 1 aliphatic heterocycles. The van der Waals surface area contributed by atoms with Crippen molar-refractivity contribution in [2.24, 2.45) is 0 Å². The van der Waals surface area contributed by atoms with E-state index in [4.69, 9.17) is 0 Å². The van der Waals surface area contributed by atoms with Crippen LogP contribution in [0.4, 0.5) is 0 Å². The second kappa shape index (κ2) is 6.28. The summed E-state index contributed by atoms with van der Waals surface area (Å²) in [6.07, 6.45) is 7.21. The molecule has 1 aromatic heterocycles. The van der Waals surface area contributed by atoms with Crippen LogP contribution in [-0.4, -0.2) is 26.5 Å². The zero-order valence-electron chi connectivity index (χ0n) is 13.6. The van der Waals surface area contributed by atoms with Crippen molar-refractivity contribution in [2.75, 3.05) is 5.75 Å². The van der Waals surface area contributed by atoms with Crippen LogP contribution in [0.5, 0.6) is 0 Å². The van der Waals surface area contributed by atoms with E-state index in [0.29, 0.717) is 11.6 Å². The van der Waals surface area contributed by atoms with E-state index in [1.54, 1.807) is 4.57 Å². The molecule has 0 unspecified atom stereocenters. The van der Waals surface area contributed by atoms with Gasteiger partial charge in [0.25, 0.3) is 0 Å². The summed E-state index contributed by atoms with van der Waals surface area (Å²) < 4.78 is 1.70. The van der Waals surface area contributed by atoms with Gasteiger partial charge >= 0.3 is 5.97 Å². The SMILES string of the molecule is O=C(O)Cn1c2c(c3cc(C4CCCCC4)ccc31)CCSC2=O. The van der Waals surface area contributed by atoms with E-state index in [1.165, 1.54) is 49.4 Å². The predicted octanol–water partition coefficient (Wildman–Crippen LogP) is 4.20. The third kappa shape index (κ3) is 2.65. The van der Waals surface area contributed by atoms with Crippen LogP contribution in [0.25, 0.3) is 10.9 Å². The van der Waals surface area contributed by atoms with E-state index >= 15 is 0 Å². The van der Waals surface area contributed by atoms with Crippen LogP contribution in [0.2, 0.25) is 0 Å². The summed E-state index contributed by atoms with van der Waals surface area (Å²) in [4.78, 5) is 23.7. The standard InChI is InChI=1S/C19H21NO3S/c21-17(22)11-20-16-7-6-13(12-4-2-1-3-5-12)10-15(16)14-8-9-24-19(23)18(14)20/h6-7,10,12H,1-5,8-9,11H2,(H,21,22). The van der Waals surface area contributed by atoms with Crippen molar-refractivity contribution in [3.8, 4) is 0 Å². The molecule has 5 heteroatoms. The summed E-state index contributed by atoms with van der Waals surface area (Å²) >= 11 is 1.30. The van der Waals surface area contributed by atoms with Crippen LogP contribution >= 0.6 is 11.8 Å². The van der Waals surface area contributed by atoms with Crippen LogP contribution in [0.3, 0.4) is 0 Å². The number of aliphatic carboxylic acids is 1. The van der Waals surface area contributed by atoms with Crippen molar-refractivity contribution in [1.29, 1.82) is 0 Å². The molecule has 0 amide bonds. The van der Waals surface area contributed by atoms with Crippen LogP contribution in [-0.2, 0) is 17.8 Å². The Morgan fingerprint density at radius 2 is 2.04 bits per heavy atom. The fourth-order valence-corrected chi connectivity index (χ4v) is 5.09. The first kappa shape index (κ1) is 15.8. The van der Waals surface area contributed by atoms with Crippen LogP contribution in [0, 0.1) is 0 Å². The number of benzene rings is 1. The van der Waals surface area contributed by atoms with Gasteiger partial charge in [-0.25, -0.2) is 0 Å². The molecular formula is C19H21NO3S. The number of aryl methyl sites for hydroxylation is 1. The Kier molecular flexibility index (Phi) is 4.12. The molecule has 2 heterocycles. The van der Waals surface area contributed by atoms with Gasteiger partial charge in [-0.05, 0) is 48.4 Å². The molecule has 2 aliphatic rings. The lowest BCUT2D eigenvalue weighted by Gasteiger charge is -2.22. The van der Waals surface area contributed by atoms with E-state index in [2.05, 4.69) is 12.1 Å². The van der Waals surface area contributed by atoms with Gasteiger partial charge in [-0.3, -0.25) is 9.59 Å². The average Bonchev–Trinajstić information content (AvgIpc) is 2.90. The molecule has 1 aliphatic carbocycles. The topological polar surface area (TPSA) is 59.3 Å². The molecule has 4 nitrogen and oxygen atoms in total. The third-order valence-corrected chi connectivity index (χ3v) is 6.20. The maximum absolute atomic E-state index is 12.4. The Bertz CT molecular complexity index is 818. The molecule has 0 saturated heterocycles. The predicted molar refractivity (Wildman–Crippen MR) is 95.9 cm³/mol. The second-order valence-corrected chi connectivity index (χ2v) is 7.87. The van der Waals surface area contributed by atoms with Gasteiger partial charge in [-0.15, -0.1) is 0 Å². The minimum atomic E-state index is -0.908. The van der Waals surface area contributed by atoms with Crippen LogP contribution in [0.15, 0.2) is 18.2 Å². The molecule has 4 rings (SSSR count). The third-order valence-electron chi connectivity index (χ3n) is 5.34. The largest absolute Gasteiger partial charge is 0.480 e. The second-order valence-electron chi connectivity index (χ2n) is 6.80. The van der Waals surface area contributed by atoms with E-state index < -0.39 is 5.97 Å². The number of carboxylic acid groups (broad SMARTS) is 1. The molecule has 24 heavy (non-hydrogen) atoms. The highest BCUT2D eigenvalue weighted by molar-refractivity contribution is 8.14. The molecule has 0 spiro atoms. The zero-order valence-corrected chi connectivity index (χ0v) is 14.4. The Hall–Kier alpha value is -1.75. The Morgan fingerprint density at radius 1 is 1.25 bits per heavy atom. The Morgan fingerprint density at radius 3 is 2.79 bits per heavy atom. The highest BCUT2D eigenvalue weighted by atomic mass is 32.2. The summed E-state index contributed by atoms with van der Waals surface area (Å²) in [5.41, 5.74) is 3.89. The normalized spacial score (nSPS) is 18.8. The lowest BCUT2D eigenvalue weighted by Crippen LogP contribution is -2.17.